The van der Waals surface area contributed by atoms with Gasteiger partial charge in [0.05, 0.1) is 0 Å². The lowest BCUT2D eigenvalue weighted by atomic mass is 9.71. The van der Waals surface area contributed by atoms with E-state index in [2.05, 4.69) is 25.2 Å². The molecule has 2 heteroatoms. The summed E-state index contributed by atoms with van der Waals surface area (Å²) in [5, 5.41) is 2.89. The number of rotatable bonds is 3. The van der Waals surface area contributed by atoms with Gasteiger partial charge in [-0.2, -0.15) is 0 Å². The van der Waals surface area contributed by atoms with E-state index in [1.165, 1.54) is 25.7 Å². The zero-order valence-corrected chi connectivity index (χ0v) is 12.8. The minimum absolute atomic E-state index is 0.0916. The smallest absolute Gasteiger partial charge is 0.246 e. The molecule has 1 amide bonds. The minimum atomic E-state index is 0.0916. The predicted molar refractivity (Wildman–Crippen MR) is 79.8 cm³/mol. The molecule has 0 aromatic heterocycles. The average molecular weight is 261 g/mol. The molecule has 3 atom stereocenters. The molecule has 2 nitrogen and oxygen atoms in total. The maximum absolute atomic E-state index is 11.9. The highest BCUT2D eigenvalue weighted by Gasteiger charge is 2.35. The Bertz CT molecular complexity index is 419. The van der Waals surface area contributed by atoms with E-state index in [4.69, 9.17) is 0 Å². The molecule has 0 heterocycles. The molecule has 2 rings (SSSR count). The average Bonchev–Trinajstić information content (AvgIpc) is 2.76. The van der Waals surface area contributed by atoms with Crippen LogP contribution in [0.25, 0.3) is 0 Å². The predicted octanol–water partition coefficient (Wildman–Crippen LogP) is 3.84. The second-order valence-corrected chi connectivity index (χ2v) is 6.25. The van der Waals surface area contributed by atoms with Crippen molar-refractivity contribution in [3.63, 3.8) is 0 Å². The fourth-order valence-electron chi connectivity index (χ4n) is 3.82. The Balaban J connectivity index is 2.18. The van der Waals surface area contributed by atoms with Crippen LogP contribution in [-0.4, -0.2) is 12.5 Å². The van der Waals surface area contributed by atoms with Gasteiger partial charge in [-0.15, -0.1) is 0 Å². The van der Waals surface area contributed by atoms with E-state index in [9.17, 15) is 4.79 Å². The topological polar surface area (TPSA) is 29.1 Å². The Labute approximate surface area is 117 Å². The van der Waals surface area contributed by atoms with Crippen LogP contribution in [0, 0.1) is 17.8 Å². The van der Waals surface area contributed by atoms with Crippen molar-refractivity contribution in [1.29, 1.82) is 0 Å². The summed E-state index contributed by atoms with van der Waals surface area (Å²) in [6.45, 7) is 9.29. The van der Waals surface area contributed by atoms with Crippen LogP contribution in [0.15, 0.2) is 22.8 Å². The van der Waals surface area contributed by atoms with Gasteiger partial charge < -0.3 is 5.32 Å². The quantitative estimate of drug-likeness (QED) is 0.607. The molecule has 0 aliphatic heterocycles. The summed E-state index contributed by atoms with van der Waals surface area (Å²) in [5.41, 5.74) is 4.12. The Morgan fingerprint density at radius 2 is 2.11 bits per heavy atom. The van der Waals surface area contributed by atoms with Gasteiger partial charge in [-0.05, 0) is 64.2 Å². The van der Waals surface area contributed by atoms with Crippen molar-refractivity contribution in [3.8, 4) is 0 Å². The van der Waals surface area contributed by atoms with E-state index in [0.29, 0.717) is 12.5 Å². The molecule has 0 aromatic rings. The summed E-state index contributed by atoms with van der Waals surface area (Å²) in [7, 11) is 0. The highest BCUT2D eigenvalue weighted by Crippen LogP contribution is 2.48. The van der Waals surface area contributed by atoms with Crippen LogP contribution in [0.5, 0.6) is 0 Å². The second kappa shape index (κ2) is 5.94. The van der Waals surface area contributed by atoms with Gasteiger partial charge in [-0.1, -0.05) is 24.1 Å². The molecule has 1 N–H and O–H groups in total. The van der Waals surface area contributed by atoms with E-state index >= 15 is 0 Å². The highest BCUT2D eigenvalue weighted by atomic mass is 16.1. The number of allylic oxidation sites excluding steroid dienone is 3. The van der Waals surface area contributed by atoms with Crippen LogP contribution >= 0.6 is 0 Å². The van der Waals surface area contributed by atoms with Crippen molar-refractivity contribution in [1.82, 2.24) is 5.32 Å². The first-order valence-corrected chi connectivity index (χ1v) is 7.70. The van der Waals surface area contributed by atoms with E-state index in [-0.39, 0.29) is 5.91 Å². The van der Waals surface area contributed by atoms with E-state index < -0.39 is 0 Å². The molecule has 0 bridgehead atoms. The lowest BCUT2D eigenvalue weighted by Gasteiger charge is -2.34. The molecule has 106 valence electrons. The van der Waals surface area contributed by atoms with Crippen molar-refractivity contribution < 1.29 is 4.79 Å². The van der Waals surface area contributed by atoms with E-state index in [0.717, 1.165) is 17.4 Å². The maximum atomic E-state index is 11.9. The third-order valence-electron chi connectivity index (χ3n) is 4.89. The number of likely N-dealkylation sites (N-methyl/N-ethyl adjacent to an activating group) is 1. The summed E-state index contributed by atoms with van der Waals surface area (Å²) in [6.07, 6.45) is 7.31. The molecule has 2 aliphatic carbocycles. The van der Waals surface area contributed by atoms with Gasteiger partial charge in [-0.25, -0.2) is 0 Å². The lowest BCUT2D eigenvalue weighted by molar-refractivity contribution is -0.117. The summed E-state index contributed by atoms with van der Waals surface area (Å²) in [4.78, 5) is 11.9. The monoisotopic (exact) mass is 261 g/mol. The van der Waals surface area contributed by atoms with Gasteiger partial charge >= 0.3 is 0 Å². The lowest BCUT2D eigenvalue weighted by Crippen LogP contribution is -2.26. The van der Waals surface area contributed by atoms with Gasteiger partial charge in [0.2, 0.25) is 5.91 Å². The van der Waals surface area contributed by atoms with Gasteiger partial charge in [0.25, 0.3) is 0 Å². The molecular weight excluding hydrogens is 234 g/mol. The van der Waals surface area contributed by atoms with Crippen molar-refractivity contribution in [2.75, 3.05) is 6.54 Å². The molecule has 0 saturated heterocycles. The van der Waals surface area contributed by atoms with Crippen LogP contribution in [0.3, 0.4) is 0 Å². The third-order valence-corrected chi connectivity index (χ3v) is 4.89. The zero-order chi connectivity index (χ0) is 14.0. The summed E-state index contributed by atoms with van der Waals surface area (Å²) < 4.78 is 0. The number of fused-ring (bicyclic) bond motifs is 1. The molecule has 0 radical (unpaired) electrons. The largest absolute Gasteiger partial charge is 0.353 e. The van der Waals surface area contributed by atoms with Crippen LogP contribution < -0.4 is 5.32 Å². The van der Waals surface area contributed by atoms with Crippen LogP contribution in [-0.2, 0) is 4.79 Å². The summed E-state index contributed by atoms with van der Waals surface area (Å²) >= 11 is 0. The zero-order valence-electron chi connectivity index (χ0n) is 12.8. The summed E-state index contributed by atoms with van der Waals surface area (Å²) in [5.74, 6) is 2.19. The number of carbonyl (C=O) groups excluding carboxylic acids is 1. The normalized spacial score (nSPS) is 31.4. The number of carbonyl (C=O) groups is 1. The molecule has 2 aliphatic rings. The SMILES string of the molecule is CCNC(=O)C(C)=C[C@@H]1CC[C@@H](C)[C@H]2CCC(C)=C12. The second-order valence-electron chi connectivity index (χ2n) is 6.25. The molecule has 0 unspecified atom stereocenters. The van der Waals surface area contributed by atoms with E-state index in [1.807, 2.05) is 13.8 Å². The van der Waals surface area contributed by atoms with Gasteiger partial charge in [0.15, 0.2) is 0 Å². The summed E-state index contributed by atoms with van der Waals surface area (Å²) in [6, 6.07) is 0. The molecule has 19 heavy (non-hydrogen) atoms. The van der Waals surface area contributed by atoms with Crippen LogP contribution in [0.1, 0.15) is 53.4 Å². The number of amides is 1. The fourth-order valence-corrected chi connectivity index (χ4v) is 3.82. The first-order chi connectivity index (χ1) is 9.04. The fraction of sp³-hybridized carbons (Fsp3) is 0.706. The van der Waals surface area contributed by atoms with Gasteiger partial charge in [0.1, 0.15) is 0 Å². The van der Waals surface area contributed by atoms with Crippen molar-refractivity contribution >= 4 is 5.91 Å². The van der Waals surface area contributed by atoms with Crippen molar-refractivity contribution in [2.24, 2.45) is 17.8 Å². The Kier molecular flexibility index (Phi) is 4.49. The standard InChI is InChI=1S/C17H27NO/c1-5-18-17(19)13(4)10-14-8-6-11(2)15-9-7-12(3)16(14)15/h10-11,14-15H,5-9H2,1-4H3,(H,18,19)/t11-,14+,15-/m1/s1. The Hall–Kier alpha value is -1.05. The molecule has 0 aromatic carbocycles. The van der Waals surface area contributed by atoms with Crippen molar-refractivity contribution in [2.45, 2.75) is 53.4 Å². The van der Waals surface area contributed by atoms with Crippen molar-refractivity contribution in [3.05, 3.63) is 22.8 Å². The van der Waals surface area contributed by atoms with E-state index in [1.54, 1.807) is 11.1 Å². The molecule has 1 saturated carbocycles. The Morgan fingerprint density at radius 3 is 2.79 bits per heavy atom. The molecular formula is C17H27NO. The Morgan fingerprint density at radius 1 is 1.37 bits per heavy atom. The first kappa shape index (κ1) is 14.4. The maximum Gasteiger partial charge on any atom is 0.246 e. The highest BCUT2D eigenvalue weighted by molar-refractivity contribution is 5.92. The van der Waals surface area contributed by atoms with Gasteiger partial charge in [0, 0.05) is 12.1 Å². The third kappa shape index (κ3) is 2.93. The molecule has 0 spiro atoms. The number of nitrogens with one attached hydrogen (secondary N) is 1. The number of hydrogen-bond acceptors (Lipinski definition) is 1. The van der Waals surface area contributed by atoms with Crippen LogP contribution in [0.4, 0.5) is 0 Å². The minimum Gasteiger partial charge on any atom is -0.353 e. The van der Waals surface area contributed by atoms with Crippen LogP contribution in [0.2, 0.25) is 0 Å². The number of hydrogen-bond donors (Lipinski definition) is 1. The van der Waals surface area contributed by atoms with Gasteiger partial charge in [-0.3, -0.25) is 4.79 Å². The first-order valence-electron chi connectivity index (χ1n) is 7.70. The molecule has 1 fully saturated rings.